The Morgan fingerprint density at radius 2 is 1.67 bits per heavy atom. The van der Waals surface area contributed by atoms with Gasteiger partial charge in [-0.05, 0) is 41.7 Å². The lowest BCUT2D eigenvalue weighted by Gasteiger charge is -2.29. The number of amides is 1. The van der Waals surface area contributed by atoms with Gasteiger partial charge in [-0.1, -0.05) is 98.4 Å². The molecule has 4 aromatic rings. The topological polar surface area (TPSA) is 71.8 Å². The van der Waals surface area contributed by atoms with Gasteiger partial charge in [-0.15, -0.1) is 5.10 Å². The van der Waals surface area contributed by atoms with E-state index in [1.54, 1.807) is 11.8 Å². The van der Waals surface area contributed by atoms with Crippen molar-refractivity contribution in [2.45, 2.75) is 43.6 Å². The molecule has 0 aliphatic carbocycles. The van der Waals surface area contributed by atoms with Crippen LogP contribution >= 0.6 is 11.8 Å². The number of fused-ring (bicyclic) bond motifs is 1. The van der Waals surface area contributed by atoms with Gasteiger partial charge in [0.05, 0.1) is 5.57 Å². The molecule has 5 rings (SSSR count). The molecule has 7 heteroatoms. The second-order valence-electron chi connectivity index (χ2n) is 9.14. The van der Waals surface area contributed by atoms with Crippen LogP contribution in [-0.4, -0.2) is 20.7 Å². The van der Waals surface area contributed by atoms with Gasteiger partial charge in [-0.25, -0.2) is 4.68 Å². The molecule has 2 heterocycles. The van der Waals surface area contributed by atoms with Gasteiger partial charge >= 0.3 is 0 Å². The van der Waals surface area contributed by atoms with E-state index in [1.165, 1.54) is 11.1 Å². The van der Waals surface area contributed by atoms with Crippen molar-refractivity contribution in [3.05, 3.63) is 113 Å². The molecule has 1 atom stereocenters. The lowest BCUT2D eigenvalue weighted by atomic mass is 9.93. The molecule has 182 valence electrons. The highest BCUT2D eigenvalue weighted by atomic mass is 32.2. The molecule has 1 aromatic heterocycles. The maximum atomic E-state index is 13.6. The summed E-state index contributed by atoms with van der Waals surface area (Å²) in [5, 5.41) is 11.9. The fraction of sp³-hybridized carbons (Fsp3) is 0.207. The van der Waals surface area contributed by atoms with Crippen molar-refractivity contribution in [2.24, 2.45) is 0 Å². The first kappa shape index (κ1) is 23.9. The summed E-state index contributed by atoms with van der Waals surface area (Å²) in [5.41, 5.74) is 5.58. The Kier molecular flexibility index (Phi) is 6.91. The highest BCUT2D eigenvalue weighted by Gasteiger charge is 2.34. The molecule has 0 saturated heterocycles. The number of carbonyl (C=O) groups is 1. The second kappa shape index (κ2) is 10.4. The van der Waals surface area contributed by atoms with Gasteiger partial charge in [0, 0.05) is 17.1 Å². The third-order valence-electron chi connectivity index (χ3n) is 6.24. The summed E-state index contributed by atoms with van der Waals surface area (Å²) in [6.07, 6.45) is 0. The Morgan fingerprint density at radius 1 is 1.00 bits per heavy atom. The monoisotopic (exact) mass is 495 g/mol. The average molecular weight is 496 g/mol. The van der Waals surface area contributed by atoms with E-state index in [4.69, 9.17) is 10.1 Å². The van der Waals surface area contributed by atoms with Crippen LogP contribution in [0.3, 0.4) is 0 Å². The van der Waals surface area contributed by atoms with Crippen LogP contribution in [0.15, 0.2) is 101 Å². The first-order valence-electron chi connectivity index (χ1n) is 12.1. The number of thioether (sulfide) groups is 1. The van der Waals surface area contributed by atoms with Crippen LogP contribution in [0.5, 0.6) is 0 Å². The quantitative estimate of drug-likeness (QED) is 0.282. The van der Waals surface area contributed by atoms with Crippen molar-refractivity contribution in [3.8, 4) is 0 Å². The fourth-order valence-electron chi connectivity index (χ4n) is 4.30. The van der Waals surface area contributed by atoms with Gasteiger partial charge in [0.1, 0.15) is 6.04 Å². The summed E-state index contributed by atoms with van der Waals surface area (Å²) in [4.78, 5) is 18.3. The highest BCUT2D eigenvalue weighted by Crippen LogP contribution is 2.37. The van der Waals surface area contributed by atoms with Gasteiger partial charge in [-0.3, -0.25) is 4.79 Å². The summed E-state index contributed by atoms with van der Waals surface area (Å²) < 4.78 is 1.84. The van der Waals surface area contributed by atoms with Crippen molar-refractivity contribution in [1.29, 1.82) is 0 Å². The normalized spacial score (nSPS) is 14.9. The van der Waals surface area contributed by atoms with Gasteiger partial charge in [0.2, 0.25) is 11.1 Å². The minimum Gasteiger partial charge on any atom is -0.328 e. The lowest BCUT2D eigenvalue weighted by molar-refractivity contribution is -0.113. The maximum absolute atomic E-state index is 13.6. The fourth-order valence-corrected chi connectivity index (χ4v) is 5.09. The van der Waals surface area contributed by atoms with Crippen LogP contribution in [0.4, 0.5) is 11.6 Å². The Balaban J connectivity index is 1.50. The van der Waals surface area contributed by atoms with Crippen molar-refractivity contribution in [2.75, 3.05) is 10.6 Å². The van der Waals surface area contributed by atoms with E-state index in [1.807, 2.05) is 60.1 Å². The number of anilines is 2. The highest BCUT2D eigenvalue weighted by molar-refractivity contribution is 7.98. The van der Waals surface area contributed by atoms with Crippen molar-refractivity contribution in [1.82, 2.24) is 14.8 Å². The molecule has 0 radical (unpaired) electrons. The minimum atomic E-state index is -0.398. The summed E-state index contributed by atoms with van der Waals surface area (Å²) in [7, 11) is 0. The Hall–Kier alpha value is -3.84. The Morgan fingerprint density at radius 3 is 2.33 bits per heavy atom. The van der Waals surface area contributed by atoms with Crippen molar-refractivity contribution in [3.63, 3.8) is 0 Å². The number of para-hydroxylation sites is 1. The van der Waals surface area contributed by atoms with Crippen molar-refractivity contribution < 1.29 is 4.79 Å². The number of hydrogen-bond donors (Lipinski definition) is 2. The lowest BCUT2D eigenvalue weighted by Crippen LogP contribution is -2.31. The zero-order valence-electron chi connectivity index (χ0n) is 20.6. The number of hydrogen-bond acceptors (Lipinski definition) is 5. The van der Waals surface area contributed by atoms with E-state index in [9.17, 15) is 4.79 Å². The predicted molar refractivity (Wildman–Crippen MR) is 146 cm³/mol. The smallest absolute Gasteiger partial charge is 0.255 e. The molecule has 1 aliphatic heterocycles. The first-order valence-corrected chi connectivity index (χ1v) is 13.1. The SMILES string of the molecule is CC1=C(C(=O)Nc2ccccc2)C(c2ccc(C(C)C)cc2)n2nc(SCc3ccccc3)nc2N1. The summed E-state index contributed by atoms with van der Waals surface area (Å²) in [6.45, 7) is 6.27. The predicted octanol–water partition coefficient (Wildman–Crippen LogP) is 6.62. The number of carbonyl (C=O) groups excluding carboxylic acids is 1. The average Bonchev–Trinajstić information content (AvgIpc) is 3.30. The molecular weight excluding hydrogens is 466 g/mol. The molecule has 0 bridgehead atoms. The number of rotatable bonds is 7. The molecule has 3 aromatic carbocycles. The number of allylic oxidation sites excluding steroid dienone is 1. The molecule has 0 saturated carbocycles. The molecular formula is C29H29N5OS. The van der Waals surface area contributed by atoms with E-state index in [0.717, 1.165) is 22.7 Å². The Labute approximate surface area is 215 Å². The largest absolute Gasteiger partial charge is 0.328 e. The van der Waals surface area contributed by atoms with E-state index >= 15 is 0 Å². The minimum absolute atomic E-state index is 0.163. The van der Waals surface area contributed by atoms with Gasteiger partial charge < -0.3 is 10.6 Å². The summed E-state index contributed by atoms with van der Waals surface area (Å²) in [5.74, 6) is 1.67. The molecule has 1 aliphatic rings. The third-order valence-corrected chi connectivity index (χ3v) is 7.15. The number of nitrogens with zero attached hydrogens (tertiary/aromatic N) is 3. The molecule has 36 heavy (non-hydrogen) atoms. The zero-order valence-corrected chi connectivity index (χ0v) is 21.4. The molecule has 6 nitrogen and oxygen atoms in total. The van der Waals surface area contributed by atoms with Crippen LogP contribution in [0.2, 0.25) is 0 Å². The van der Waals surface area contributed by atoms with Gasteiger partial charge in [-0.2, -0.15) is 4.98 Å². The summed E-state index contributed by atoms with van der Waals surface area (Å²) >= 11 is 1.58. The van der Waals surface area contributed by atoms with Crippen LogP contribution in [0.1, 0.15) is 49.4 Å². The van der Waals surface area contributed by atoms with Crippen LogP contribution in [0.25, 0.3) is 0 Å². The van der Waals surface area contributed by atoms with E-state index < -0.39 is 6.04 Å². The first-order chi connectivity index (χ1) is 17.5. The van der Waals surface area contributed by atoms with Gasteiger partial charge in [0.15, 0.2) is 0 Å². The van der Waals surface area contributed by atoms with Crippen LogP contribution in [-0.2, 0) is 10.5 Å². The second-order valence-corrected chi connectivity index (χ2v) is 10.1. The molecule has 2 N–H and O–H groups in total. The maximum Gasteiger partial charge on any atom is 0.255 e. The molecule has 1 amide bonds. The van der Waals surface area contributed by atoms with Crippen LogP contribution < -0.4 is 10.6 Å². The Bertz CT molecular complexity index is 1380. The number of aromatic nitrogens is 3. The molecule has 0 spiro atoms. The standard InChI is InChI=1S/C29H29N5OS/c1-19(2)22-14-16-23(17-15-22)26-25(27(35)31-24-12-8-5-9-13-24)20(3)30-28-32-29(33-34(26)28)36-18-21-10-6-4-7-11-21/h4-17,19,26H,18H2,1-3H3,(H,31,35)(H,30,32,33). The summed E-state index contributed by atoms with van der Waals surface area (Å²) in [6, 6.07) is 27.8. The molecule has 0 fully saturated rings. The zero-order chi connectivity index (χ0) is 25.1. The van der Waals surface area contributed by atoms with Crippen molar-refractivity contribution >= 4 is 29.3 Å². The molecule has 1 unspecified atom stereocenters. The third kappa shape index (κ3) is 5.06. The van der Waals surface area contributed by atoms with E-state index in [2.05, 4.69) is 60.9 Å². The van der Waals surface area contributed by atoms with Crippen LogP contribution in [0, 0.1) is 0 Å². The number of nitrogens with one attached hydrogen (secondary N) is 2. The number of benzene rings is 3. The van der Waals surface area contributed by atoms with E-state index in [0.29, 0.717) is 22.6 Å². The van der Waals surface area contributed by atoms with E-state index in [-0.39, 0.29) is 5.91 Å². The van der Waals surface area contributed by atoms with Gasteiger partial charge in [0.25, 0.3) is 5.91 Å².